The highest BCUT2D eigenvalue weighted by molar-refractivity contribution is 5.91. The molecule has 1 aliphatic heterocycles. The third-order valence-electron chi connectivity index (χ3n) is 4.24. The van der Waals surface area contributed by atoms with Crippen LogP contribution in [0.4, 0.5) is 0 Å². The minimum atomic E-state index is -0.418. The molecule has 106 valence electrons. The fraction of sp³-hybridized carbons (Fsp3) is 0.412. The van der Waals surface area contributed by atoms with Crippen molar-refractivity contribution in [3.63, 3.8) is 0 Å². The lowest BCUT2D eigenvalue weighted by Crippen LogP contribution is -2.33. The maximum Gasteiger partial charge on any atom is 0.126 e. The Labute approximate surface area is 119 Å². The number of nitrogens with one attached hydrogen (secondary N) is 1. The Morgan fingerprint density at radius 3 is 2.70 bits per heavy atom. The van der Waals surface area contributed by atoms with Gasteiger partial charge in [-0.25, -0.2) is 0 Å². The first kappa shape index (κ1) is 13.4. The van der Waals surface area contributed by atoms with Crippen molar-refractivity contribution in [3.8, 4) is 5.75 Å². The molecular formula is C17H21NO2. The SMILES string of the molecule is COc1ccc(C(O)C2CCCNC2)c2ccccc12. The number of aliphatic hydroxyl groups excluding tert-OH is 1. The normalized spacial score (nSPS) is 20.8. The van der Waals surface area contributed by atoms with Gasteiger partial charge in [-0.05, 0) is 36.4 Å². The van der Waals surface area contributed by atoms with Gasteiger partial charge in [-0.3, -0.25) is 0 Å². The summed E-state index contributed by atoms with van der Waals surface area (Å²) in [7, 11) is 1.68. The van der Waals surface area contributed by atoms with E-state index in [4.69, 9.17) is 4.74 Å². The average Bonchev–Trinajstić information content (AvgIpc) is 2.54. The zero-order valence-corrected chi connectivity index (χ0v) is 11.8. The summed E-state index contributed by atoms with van der Waals surface area (Å²) >= 11 is 0. The molecule has 2 atom stereocenters. The van der Waals surface area contributed by atoms with Crippen molar-refractivity contribution in [2.24, 2.45) is 5.92 Å². The molecule has 1 aliphatic rings. The van der Waals surface area contributed by atoms with Gasteiger partial charge < -0.3 is 15.2 Å². The third kappa shape index (κ3) is 2.39. The summed E-state index contributed by atoms with van der Waals surface area (Å²) in [6.07, 6.45) is 1.79. The van der Waals surface area contributed by atoms with Gasteiger partial charge in [0.05, 0.1) is 13.2 Å². The Hall–Kier alpha value is -1.58. The van der Waals surface area contributed by atoms with E-state index in [1.165, 1.54) is 0 Å². The van der Waals surface area contributed by atoms with Crippen LogP contribution < -0.4 is 10.1 Å². The Balaban J connectivity index is 2.02. The van der Waals surface area contributed by atoms with Crippen LogP contribution in [0.3, 0.4) is 0 Å². The van der Waals surface area contributed by atoms with Gasteiger partial charge >= 0.3 is 0 Å². The van der Waals surface area contributed by atoms with Crippen molar-refractivity contribution in [1.29, 1.82) is 0 Å². The Bertz CT molecular complexity index is 591. The summed E-state index contributed by atoms with van der Waals surface area (Å²) in [5.41, 5.74) is 1.01. The standard InChI is InChI=1S/C17H21NO2/c1-20-16-9-8-15(13-6-2-3-7-14(13)16)17(19)12-5-4-10-18-11-12/h2-3,6-9,12,17-19H,4-5,10-11H2,1H3. The van der Waals surface area contributed by atoms with E-state index < -0.39 is 6.10 Å². The molecule has 0 spiro atoms. The number of fused-ring (bicyclic) bond motifs is 1. The molecule has 1 heterocycles. The van der Waals surface area contributed by atoms with Crippen LogP contribution in [0.2, 0.25) is 0 Å². The van der Waals surface area contributed by atoms with E-state index in [0.29, 0.717) is 5.92 Å². The molecular weight excluding hydrogens is 250 g/mol. The molecule has 0 aliphatic carbocycles. The number of hydrogen-bond acceptors (Lipinski definition) is 3. The molecule has 3 nitrogen and oxygen atoms in total. The molecule has 2 N–H and O–H groups in total. The van der Waals surface area contributed by atoms with E-state index in [1.54, 1.807) is 7.11 Å². The number of benzene rings is 2. The van der Waals surface area contributed by atoms with Crippen molar-refractivity contribution in [2.45, 2.75) is 18.9 Å². The second kappa shape index (κ2) is 5.81. The van der Waals surface area contributed by atoms with E-state index in [0.717, 1.165) is 48.0 Å². The monoisotopic (exact) mass is 271 g/mol. The third-order valence-corrected chi connectivity index (χ3v) is 4.24. The molecule has 20 heavy (non-hydrogen) atoms. The number of ether oxygens (including phenoxy) is 1. The molecule has 0 aromatic heterocycles. The molecule has 0 bridgehead atoms. The van der Waals surface area contributed by atoms with Crippen molar-refractivity contribution < 1.29 is 9.84 Å². The Kier molecular flexibility index (Phi) is 3.90. The number of aliphatic hydroxyl groups is 1. The van der Waals surface area contributed by atoms with Crippen LogP contribution in [0.15, 0.2) is 36.4 Å². The first-order chi connectivity index (χ1) is 9.81. The van der Waals surface area contributed by atoms with Crippen LogP contribution in [0.25, 0.3) is 10.8 Å². The van der Waals surface area contributed by atoms with Crippen LogP contribution in [-0.4, -0.2) is 25.3 Å². The molecule has 2 aromatic carbocycles. The van der Waals surface area contributed by atoms with Gasteiger partial charge in [0.2, 0.25) is 0 Å². The number of rotatable bonds is 3. The van der Waals surface area contributed by atoms with Crippen LogP contribution in [0.5, 0.6) is 5.75 Å². The fourth-order valence-corrected chi connectivity index (χ4v) is 3.13. The van der Waals surface area contributed by atoms with Crippen molar-refractivity contribution in [2.75, 3.05) is 20.2 Å². The van der Waals surface area contributed by atoms with Crippen molar-refractivity contribution in [1.82, 2.24) is 5.32 Å². The largest absolute Gasteiger partial charge is 0.496 e. The molecule has 1 saturated heterocycles. The van der Waals surface area contributed by atoms with Crippen molar-refractivity contribution in [3.05, 3.63) is 42.0 Å². The molecule has 0 amide bonds. The number of hydrogen-bond donors (Lipinski definition) is 2. The molecule has 3 heteroatoms. The van der Waals surface area contributed by atoms with Crippen LogP contribution >= 0.6 is 0 Å². The van der Waals surface area contributed by atoms with Gasteiger partial charge in [0.1, 0.15) is 5.75 Å². The number of piperidine rings is 1. The van der Waals surface area contributed by atoms with Gasteiger partial charge in [-0.2, -0.15) is 0 Å². The number of methoxy groups -OCH3 is 1. The highest BCUT2D eigenvalue weighted by Crippen LogP contribution is 2.35. The lowest BCUT2D eigenvalue weighted by Gasteiger charge is -2.28. The van der Waals surface area contributed by atoms with Gasteiger partial charge in [0.15, 0.2) is 0 Å². The van der Waals surface area contributed by atoms with Gasteiger partial charge in [-0.15, -0.1) is 0 Å². The second-order valence-electron chi connectivity index (χ2n) is 5.45. The van der Waals surface area contributed by atoms with E-state index in [9.17, 15) is 5.11 Å². The first-order valence-electron chi connectivity index (χ1n) is 7.25. The maximum atomic E-state index is 10.7. The fourth-order valence-electron chi connectivity index (χ4n) is 3.13. The van der Waals surface area contributed by atoms with Gasteiger partial charge in [-0.1, -0.05) is 30.3 Å². The molecule has 2 unspecified atom stereocenters. The smallest absolute Gasteiger partial charge is 0.126 e. The highest BCUT2D eigenvalue weighted by atomic mass is 16.5. The summed E-state index contributed by atoms with van der Waals surface area (Å²) in [5, 5.41) is 16.3. The zero-order chi connectivity index (χ0) is 13.9. The Morgan fingerprint density at radius 2 is 2.00 bits per heavy atom. The van der Waals surface area contributed by atoms with Crippen LogP contribution in [0.1, 0.15) is 24.5 Å². The minimum Gasteiger partial charge on any atom is -0.496 e. The average molecular weight is 271 g/mol. The summed E-state index contributed by atoms with van der Waals surface area (Å²) in [5.74, 6) is 1.15. The topological polar surface area (TPSA) is 41.5 Å². The predicted molar refractivity (Wildman–Crippen MR) is 81.1 cm³/mol. The molecule has 3 rings (SSSR count). The quantitative estimate of drug-likeness (QED) is 0.902. The molecule has 2 aromatic rings. The lowest BCUT2D eigenvalue weighted by molar-refractivity contribution is 0.0934. The van der Waals surface area contributed by atoms with E-state index in [1.807, 2.05) is 30.3 Å². The lowest BCUT2D eigenvalue weighted by atomic mass is 9.87. The van der Waals surface area contributed by atoms with Crippen molar-refractivity contribution >= 4 is 10.8 Å². The summed E-state index contributed by atoms with van der Waals surface area (Å²) in [6, 6.07) is 12.1. The van der Waals surface area contributed by atoms with E-state index >= 15 is 0 Å². The summed E-state index contributed by atoms with van der Waals surface area (Å²) < 4.78 is 5.41. The van der Waals surface area contributed by atoms with E-state index in [-0.39, 0.29) is 0 Å². The highest BCUT2D eigenvalue weighted by Gasteiger charge is 2.24. The molecule has 0 saturated carbocycles. The summed E-state index contributed by atoms with van der Waals surface area (Å²) in [4.78, 5) is 0. The van der Waals surface area contributed by atoms with Gasteiger partial charge in [0, 0.05) is 17.8 Å². The molecule has 1 fully saturated rings. The van der Waals surface area contributed by atoms with Crippen LogP contribution in [0, 0.1) is 5.92 Å². The van der Waals surface area contributed by atoms with Crippen LogP contribution in [-0.2, 0) is 0 Å². The maximum absolute atomic E-state index is 10.7. The van der Waals surface area contributed by atoms with Gasteiger partial charge in [0.25, 0.3) is 0 Å². The minimum absolute atomic E-state index is 0.292. The van der Waals surface area contributed by atoms with E-state index in [2.05, 4.69) is 11.4 Å². The molecule has 0 radical (unpaired) electrons. The Morgan fingerprint density at radius 1 is 1.20 bits per heavy atom. The second-order valence-corrected chi connectivity index (χ2v) is 5.45. The zero-order valence-electron chi connectivity index (χ0n) is 11.8. The predicted octanol–water partition coefficient (Wildman–Crippen LogP) is 2.88. The first-order valence-corrected chi connectivity index (χ1v) is 7.25. The summed E-state index contributed by atoms with van der Waals surface area (Å²) in [6.45, 7) is 1.95.